The van der Waals surface area contributed by atoms with E-state index in [1.54, 1.807) is 6.92 Å². The van der Waals surface area contributed by atoms with Gasteiger partial charge in [-0.05, 0) is 34.8 Å². The summed E-state index contributed by atoms with van der Waals surface area (Å²) in [5.41, 5.74) is 1.08. The van der Waals surface area contributed by atoms with Crippen LogP contribution >= 0.6 is 15.9 Å². The molecule has 3 heteroatoms. The van der Waals surface area contributed by atoms with E-state index in [0.717, 1.165) is 0 Å². The van der Waals surface area contributed by atoms with Crippen LogP contribution in [0.4, 0.5) is 0 Å². The first-order valence-electron chi connectivity index (χ1n) is 4.12. The van der Waals surface area contributed by atoms with Crippen molar-refractivity contribution in [2.24, 2.45) is 5.92 Å². The van der Waals surface area contributed by atoms with Gasteiger partial charge in [0, 0.05) is 11.1 Å². The third-order valence-corrected chi connectivity index (χ3v) is 2.77. The number of carbonyl (C=O) groups is 2. The first kappa shape index (κ1) is 10.4. The number of hydrogen-bond donors (Lipinski definition) is 0. The van der Waals surface area contributed by atoms with Crippen LogP contribution in [0.15, 0.2) is 21.7 Å². The predicted octanol–water partition coefficient (Wildman–Crippen LogP) is 2.39. The number of hydrogen-bond acceptors (Lipinski definition) is 2. The lowest BCUT2D eigenvalue weighted by Crippen LogP contribution is -2.18. The number of carbonyl (C=O) groups excluding carboxylic acids is 2. The number of halogens is 1. The number of allylic oxidation sites excluding steroid dienone is 4. The molecule has 2 nitrogen and oxygen atoms in total. The van der Waals surface area contributed by atoms with Gasteiger partial charge in [-0.2, -0.15) is 0 Å². The Labute approximate surface area is 85.8 Å². The summed E-state index contributed by atoms with van der Waals surface area (Å²) in [6.45, 7) is 5.45. The predicted molar refractivity (Wildman–Crippen MR) is 54.6 cm³/mol. The fourth-order valence-corrected chi connectivity index (χ4v) is 2.25. The molecule has 1 aliphatic rings. The molecule has 13 heavy (non-hydrogen) atoms. The van der Waals surface area contributed by atoms with E-state index in [-0.39, 0.29) is 17.5 Å². The normalized spacial score (nSPS) is 18.4. The molecule has 0 unspecified atom stereocenters. The van der Waals surface area contributed by atoms with Crippen LogP contribution in [0.1, 0.15) is 20.8 Å². The second-order valence-electron chi connectivity index (χ2n) is 3.40. The third-order valence-electron chi connectivity index (χ3n) is 1.98. The van der Waals surface area contributed by atoms with Crippen LogP contribution in [0.2, 0.25) is 0 Å². The Morgan fingerprint density at radius 2 is 1.85 bits per heavy atom. The van der Waals surface area contributed by atoms with E-state index in [2.05, 4.69) is 15.9 Å². The molecule has 0 saturated carbocycles. The van der Waals surface area contributed by atoms with Crippen LogP contribution in [-0.4, -0.2) is 11.6 Å². The molecule has 0 saturated heterocycles. The van der Waals surface area contributed by atoms with Gasteiger partial charge < -0.3 is 0 Å². The zero-order valence-electron chi connectivity index (χ0n) is 7.85. The van der Waals surface area contributed by atoms with Crippen molar-refractivity contribution in [3.63, 3.8) is 0 Å². The maximum atomic E-state index is 11.5. The van der Waals surface area contributed by atoms with Gasteiger partial charge >= 0.3 is 0 Å². The summed E-state index contributed by atoms with van der Waals surface area (Å²) >= 11 is 3.17. The van der Waals surface area contributed by atoms with Crippen LogP contribution in [0, 0.1) is 5.92 Å². The van der Waals surface area contributed by atoms with E-state index in [0.29, 0.717) is 15.6 Å². The van der Waals surface area contributed by atoms with Crippen molar-refractivity contribution in [1.29, 1.82) is 0 Å². The van der Waals surface area contributed by atoms with Crippen LogP contribution in [0.3, 0.4) is 0 Å². The molecule has 70 valence electrons. The summed E-state index contributed by atoms with van der Waals surface area (Å²) in [5, 5.41) is 0. The molecule has 1 aliphatic carbocycles. The summed E-state index contributed by atoms with van der Waals surface area (Å²) in [5.74, 6) is -0.0579. The highest BCUT2D eigenvalue weighted by molar-refractivity contribution is 9.12. The Kier molecular flexibility index (Phi) is 2.86. The molecule has 0 spiro atoms. The molecule has 0 aromatic heterocycles. The largest absolute Gasteiger partial charge is 0.290 e. The molecule has 0 fully saturated rings. The van der Waals surface area contributed by atoms with Gasteiger partial charge in [-0.1, -0.05) is 13.8 Å². The average Bonchev–Trinajstić information content (AvgIpc) is 1.99. The average molecular weight is 243 g/mol. The monoisotopic (exact) mass is 242 g/mol. The van der Waals surface area contributed by atoms with Gasteiger partial charge in [-0.15, -0.1) is 0 Å². The van der Waals surface area contributed by atoms with Crippen LogP contribution in [-0.2, 0) is 9.59 Å². The zero-order valence-corrected chi connectivity index (χ0v) is 9.44. The van der Waals surface area contributed by atoms with Crippen molar-refractivity contribution in [2.45, 2.75) is 20.8 Å². The minimum Gasteiger partial charge on any atom is -0.290 e. The molecule has 0 heterocycles. The molecule has 1 rings (SSSR count). The standard InChI is InChI=1S/C10H11BrO2/c1-5(2)8-7(12)4-6(3)10(13)9(8)11/h4-5H,1-3H3. The highest BCUT2D eigenvalue weighted by Crippen LogP contribution is 2.28. The van der Waals surface area contributed by atoms with Crippen molar-refractivity contribution in [2.75, 3.05) is 0 Å². The third kappa shape index (κ3) is 1.80. The van der Waals surface area contributed by atoms with Crippen LogP contribution in [0.25, 0.3) is 0 Å². The Morgan fingerprint density at radius 1 is 1.31 bits per heavy atom. The smallest absolute Gasteiger partial charge is 0.196 e. The first-order valence-corrected chi connectivity index (χ1v) is 4.91. The van der Waals surface area contributed by atoms with Gasteiger partial charge in [0.05, 0.1) is 4.48 Å². The Morgan fingerprint density at radius 3 is 2.31 bits per heavy atom. The van der Waals surface area contributed by atoms with E-state index in [4.69, 9.17) is 0 Å². The molecular formula is C10H11BrO2. The fourth-order valence-electron chi connectivity index (χ4n) is 1.28. The second-order valence-corrected chi connectivity index (χ2v) is 4.20. The SMILES string of the molecule is CC1=CC(=O)C(C(C)C)=C(Br)C1=O. The topological polar surface area (TPSA) is 34.1 Å². The summed E-state index contributed by atoms with van der Waals surface area (Å²) in [4.78, 5) is 22.9. The van der Waals surface area contributed by atoms with Crippen molar-refractivity contribution in [3.8, 4) is 0 Å². The maximum Gasteiger partial charge on any atom is 0.196 e. The molecule has 0 aromatic rings. The molecule has 0 N–H and O–H groups in total. The Balaban J connectivity index is 3.21. The van der Waals surface area contributed by atoms with E-state index >= 15 is 0 Å². The van der Waals surface area contributed by atoms with E-state index < -0.39 is 0 Å². The van der Waals surface area contributed by atoms with Gasteiger partial charge in [0.1, 0.15) is 0 Å². The molecule has 0 atom stereocenters. The Bertz CT molecular complexity index is 335. The summed E-state index contributed by atoms with van der Waals surface area (Å²) in [6, 6.07) is 0. The second kappa shape index (κ2) is 3.58. The van der Waals surface area contributed by atoms with Gasteiger partial charge in [-0.3, -0.25) is 9.59 Å². The lowest BCUT2D eigenvalue weighted by atomic mass is 9.91. The highest BCUT2D eigenvalue weighted by Gasteiger charge is 2.25. The minimum atomic E-state index is -0.0803. The summed E-state index contributed by atoms with van der Waals surface area (Å²) < 4.78 is 0.424. The first-order chi connectivity index (χ1) is 5.95. The fraction of sp³-hybridized carbons (Fsp3) is 0.400. The van der Waals surface area contributed by atoms with Gasteiger partial charge in [0.15, 0.2) is 11.6 Å². The lowest BCUT2D eigenvalue weighted by molar-refractivity contribution is -0.115. The van der Waals surface area contributed by atoms with E-state index in [1.807, 2.05) is 13.8 Å². The summed E-state index contributed by atoms with van der Waals surface area (Å²) in [7, 11) is 0. The zero-order chi connectivity index (χ0) is 10.2. The number of Topliss-reactive ketones (excluding diaryl/α,β-unsaturated/α-hetero) is 1. The molecule has 0 bridgehead atoms. The highest BCUT2D eigenvalue weighted by atomic mass is 79.9. The molecule has 0 aromatic carbocycles. The van der Waals surface area contributed by atoms with Crippen molar-refractivity contribution in [1.82, 2.24) is 0 Å². The van der Waals surface area contributed by atoms with Crippen LogP contribution < -0.4 is 0 Å². The van der Waals surface area contributed by atoms with E-state index in [9.17, 15) is 9.59 Å². The van der Waals surface area contributed by atoms with E-state index in [1.165, 1.54) is 6.08 Å². The molecule has 0 radical (unpaired) electrons. The van der Waals surface area contributed by atoms with Gasteiger partial charge in [0.25, 0.3) is 0 Å². The van der Waals surface area contributed by atoms with Crippen LogP contribution in [0.5, 0.6) is 0 Å². The Hall–Kier alpha value is -0.700. The number of ketones is 2. The summed E-state index contributed by atoms with van der Waals surface area (Å²) in [6.07, 6.45) is 1.41. The molecule has 0 aliphatic heterocycles. The number of rotatable bonds is 1. The van der Waals surface area contributed by atoms with Gasteiger partial charge in [-0.25, -0.2) is 0 Å². The molecular weight excluding hydrogens is 232 g/mol. The van der Waals surface area contributed by atoms with Crippen molar-refractivity contribution in [3.05, 3.63) is 21.7 Å². The maximum absolute atomic E-state index is 11.5. The minimum absolute atomic E-state index is 0.0565. The van der Waals surface area contributed by atoms with Gasteiger partial charge in [0.2, 0.25) is 0 Å². The lowest BCUT2D eigenvalue weighted by Gasteiger charge is -2.15. The van der Waals surface area contributed by atoms with Crippen molar-refractivity contribution >= 4 is 27.5 Å². The molecule has 0 amide bonds. The quantitative estimate of drug-likeness (QED) is 0.662. The van der Waals surface area contributed by atoms with Crippen molar-refractivity contribution < 1.29 is 9.59 Å².